The molecule has 0 fully saturated rings. The van der Waals surface area contributed by atoms with E-state index in [1.54, 1.807) is 0 Å². The predicted molar refractivity (Wildman–Crippen MR) is 71.4 cm³/mol. The second-order valence-electron chi connectivity index (χ2n) is 5.53. The zero-order chi connectivity index (χ0) is 14.2. The fraction of sp³-hybridized carbons (Fsp3) is 0.929. The van der Waals surface area contributed by atoms with Gasteiger partial charge in [0.15, 0.2) is 0 Å². The van der Waals surface area contributed by atoms with Crippen molar-refractivity contribution < 1.29 is 19.7 Å². The van der Waals surface area contributed by atoms with Gasteiger partial charge in [-0.3, -0.25) is 4.89 Å². The molecular formula is C14H28O4. The fourth-order valence-corrected chi connectivity index (χ4v) is 2.26. The maximum absolute atomic E-state index is 11.2. The summed E-state index contributed by atoms with van der Waals surface area (Å²) in [4.78, 5) is 14.8. The number of hydrogen-bond acceptors (Lipinski definition) is 4. The number of hydrogen-bond donors (Lipinski definition) is 1. The number of unbranched alkanes of at least 4 members (excludes halogenated alkanes) is 1. The molecule has 0 saturated heterocycles. The highest BCUT2D eigenvalue weighted by molar-refractivity contribution is 5.59. The van der Waals surface area contributed by atoms with Crippen molar-refractivity contribution in [3.63, 3.8) is 0 Å². The molecule has 0 aliphatic rings. The molecule has 0 aromatic heterocycles. The zero-order valence-corrected chi connectivity index (χ0v) is 12.4. The lowest BCUT2D eigenvalue weighted by Crippen LogP contribution is -2.39. The third-order valence-electron chi connectivity index (χ3n) is 3.86. The summed E-state index contributed by atoms with van der Waals surface area (Å²) in [6.07, 6.45) is 3.90. The third kappa shape index (κ3) is 5.25. The minimum Gasteiger partial charge on any atom is -0.428 e. The van der Waals surface area contributed by atoms with Crippen LogP contribution in [-0.4, -0.2) is 17.5 Å². The molecule has 1 N–H and O–H groups in total. The quantitative estimate of drug-likeness (QED) is 0.392. The van der Waals surface area contributed by atoms with Crippen LogP contribution in [-0.2, 0) is 9.62 Å². The van der Waals surface area contributed by atoms with Gasteiger partial charge in [0.25, 0.3) is 0 Å². The molecule has 0 aliphatic carbocycles. The van der Waals surface area contributed by atoms with Crippen LogP contribution >= 0.6 is 0 Å². The monoisotopic (exact) mass is 260 g/mol. The van der Waals surface area contributed by atoms with Crippen molar-refractivity contribution >= 4 is 6.16 Å². The average molecular weight is 260 g/mol. The van der Waals surface area contributed by atoms with Crippen molar-refractivity contribution in [1.82, 2.24) is 0 Å². The minimum absolute atomic E-state index is 0.122. The van der Waals surface area contributed by atoms with Crippen molar-refractivity contribution in [3.05, 3.63) is 0 Å². The number of carbonyl (C=O) groups is 1. The average Bonchev–Trinajstić information content (AvgIpc) is 2.37. The molecule has 0 rings (SSSR count). The summed E-state index contributed by atoms with van der Waals surface area (Å²) in [6, 6.07) is 0. The Morgan fingerprint density at radius 1 is 1.28 bits per heavy atom. The SMILES string of the molecule is CCCCC(CC)C(OC(=O)OO)C(C)(C)CC. The van der Waals surface area contributed by atoms with Crippen molar-refractivity contribution in [1.29, 1.82) is 0 Å². The van der Waals surface area contributed by atoms with Crippen molar-refractivity contribution in [2.24, 2.45) is 11.3 Å². The van der Waals surface area contributed by atoms with Crippen molar-refractivity contribution in [3.8, 4) is 0 Å². The topological polar surface area (TPSA) is 55.8 Å². The molecule has 2 atom stereocenters. The Hall–Kier alpha value is -0.770. The van der Waals surface area contributed by atoms with Gasteiger partial charge in [-0.15, -0.1) is 0 Å². The predicted octanol–water partition coefficient (Wildman–Crippen LogP) is 4.63. The fourth-order valence-electron chi connectivity index (χ4n) is 2.26. The molecule has 0 spiro atoms. The van der Waals surface area contributed by atoms with Gasteiger partial charge in [0.2, 0.25) is 0 Å². The van der Waals surface area contributed by atoms with Gasteiger partial charge in [0.1, 0.15) is 6.10 Å². The number of carbonyl (C=O) groups excluding carboxylic acids is 1. The van der Waals surface area contributed by atoms with Crippen LogP contribution in [0.15, 0.2) is 0 Å². The van der Waals surface area contributed by atoms with Crippen LogP contribution in [0.3, 0.4) is 0 Å². The van der Waals surface area contributed by atoms with Crippen LogP contribution in [0.25, 0.3) is 0 Å². The Bertz CT molecular complexity index is 238. The minimum atomic E-state index is -1.00. The summed E-state index contributed by atoms with van der Waals surface area (Å²) in [5.41, 5.74) is -0.122. The molecule has 0 saturated carbocycles. The highest BCUT2D eigenvalue weighted by Gasteiger charge is 2.37. The lowest BCUT2D eigenvalue weighted by atomic mass is 9.75. The van der Waals surface area contributed by atoms with Crippen LogP contribution in [0, 0.1) is 11.3 Å². The Kier molecular flexibility index (Phi) is 8.00. The van der Waals surface area contributed by atoms with Gasteiger partial charge in [-0.25, -0.2) is 4.79 Å². The van der Waals surface area contributed by atoms with Crippen molar-refractivity contribution in [2.75, 3.05) is 0 Å². The van der Waals surface area contributed by atoms with Gasteiger partial charge < -0.3 is 4.74 Å². The van der Waals surface area contributed by atoms with E-state index in [2.05, 4.69) is 39.5 Å². The molecular weight excluding hydrogens is 232 g/mol. The maximum atomic E-state index is 11.2. The number of ether oxygens (including phenoxy) is 1. The summed E-state index contributed by atoms with van der Waals surface area (Å²) in [5, 5.41) is 8.38. The van der Waals surface area contributed by atoms with E-state index >= 15 is 0 Å². The van der Waals surface area contributed by atoms with Crippen molar-refractivity contribution in [2.45, 2.75) is 72.8 Å². The summed E-state index contributed by atoms with van der Waals surface area (Å²) < 4.78 is 5.29. The molecule has 2 unspecified atom stereocenters. The first kappa shape index (κ1) is 17.2. The molecule has 0 bridgehead atoms. The van der Waals surface area contributed by atoms with Gasteiger partial charge in [0, 0.05) is 5.41 Å². The Labute approximate surface area is 111 Å². The highest BCUT2D eigenvalue weighted by atomic mass is 17.1. The van der Waals surface area contributed by atoms with E-state index in [0.29, 0.717) is 5.92 Å². The molecule has 108 valence electrons. The zero-order valence-electron chi connectivity index (χ0n) is 12.4. The summed E-state index contributed by atoms with van der Waals surface area (Å²) in [7, 11) is 0. The van der Waals surface area contributed by atoms with E-state index in [4.69, 9.17) is 9.99 Å². The van der Waals surface area contributed by atoms with E-state index in [0.717, 1.165) is 32.1 Å². The molecule has 0 radical (unpaired) electrons. The standard InChI is InChI=1S/C14H28O4/c1-6-9-10-11(7-2)12(14(4,5)8-3)17-13(15)18-16/h11-12,16H,6-10H2,1-5H3. The summed E-state index contributed by atoms with van der Waals surface area (Å²) >= 11 is 0. The smallest absolute Gasteiger partial charge is 0.428 e. The van der Waals surface area contributed by atoms with Crippen LogP contribution in [0.5, 0.6) is 0 Å². The lowest BCUT2D eigenvalue weighted by Gasteiger charge is -2.37. The van der Waals surface area contributed by atoms with Crippen LogP contribution in [0.2, 0.25) is 0 Å². The largest absolute Gasteiger partial charge is 0.540 e. The lowest BCUT2D eigenvalue weighted by molar-refractivity contribution is -0.213. The Morgan fingerprint density at radius 2 is 1.89 bits per heavy atom. The van der Waals surface area contributed by atoms with E-state index in [1.807, 2.05) is 0 Å². The molecule has 4 nitrogen and oxygen atoms in total. The molecule has 0 aromatic carbocycles. The molecule has 0 aliphatic heterocycles. The van der Waals surface area contributed by atoms with E-state index in [-0.39, 0.29) is 11.5 Å². The van der Waals surface area contributed by atoms with Gasteiger partial charge >= 0.3 is 6.16 Å². The van der Waals surface area contributed by atoms with E-state index in [9.17, 15) is 4.79 Å². The van der Waals surface area contributed by atoms with Crippen LogP contribution in [0.1, 0.15) is 66.7 Å². The van der Waals surface area contributed by atoms with E-state index < -0.39 is 6.16 Å². The van der Waals surface area contributed by atoms with Gasteiger partial charge in [-0.2, -0.15) is 5.26 Å². The molecule has 0 amide bonds. The second-order valence-corrected chi connectivity index (χ2v) is 5.53. The van der Waals surface area contributed by atoms with Gasteiger partial charge in [-0.1, -0.05) is 47.5 Å². The molecule has 18 heavy (non-hydrogen) atoms. The Balaban J connectivity index is 4.86. The van der Waals surface area contributed by atoms with Gasteiger partial charge in [-0.05, 0) is 25.2 Å². The highest BCUT2D eigenvalue weighted by Crippen LogP contribution is 2.36. The van der Waals surface area contributed by atoms with Crippen LogP contribution < -0.4 is 0 Å². The summed E-state index contributed by atoms with van der Waals surface area (Å²) in [6.45, 7) is 10.5. The van der Waals surface area contributed by atoms with Gasteiger partial charge in [0.05, 0.1) is 0 Å². The first-order chi connectivity index (χ1) is 8.42. The normalized spacial score (nSPS) is 15.0. The molecule has 0 aromatic rings. The first-order valence-electron chi connectivity index (χ1n) is 6.94. The maximum Gasteiger partial charge on any atom is 0.540 e. The molecule has 4 heteroatoms. The summed E-state index contributed by atoms with van der Waals surface area (Å²) in [5.74, 6) is 0.305. The third-order valence-corrected chi connectivity index (χ3v) is 3.86. The van der Waals surface area contributed by atoms with Crippen LogP contribution in [0.4, 0.5) is 4.79 Å². The first-order valence-corrected chi connectivity index (χ1v) is 6.94. The van der Waals surface area contributed by atoms with E-state index in [1.165, 1.54) is 0 Å². The molecule has 0 heterocycles. The Morgan fingerprint density at radius 3 is 2.28 bits per heavy atom. The number of rotatable bonds is 8. The second kappa shape index (κ2) is 8.35.